The SMILES string of the molecule is CCc1c(C)c2[nH]c1=Cc1[nH]c3c(c1C)C(=O)CC3=C1NC(=Cc3[nH]c(c(C(C)C)c3C)C=2)C(C)C1CCC(=O)O. The Morgan fingerprint density at radius 1 is 0.976 bits per heavy atom. The molecule has 8 bridgehead atoms. The second-order valence-electron chi connectivity index (χ2n) is 12.3. The van der Waals surface area contributed by atoms with Crippen molar-refractivity contribution < 1.29 is 14.7 Å². The number of hydrogen-bond acceptors (Lipinski definition) is 3. The molecule has 0 radical (unpaired) electrons. The van der Waals surface area contributed by atoms with E-state index in [2.05, 4.69) is 80.0 Å². The molecular weight excluding hydrogens is 512 g/mol. The first kappa shape index (κ1) is 27.2. The van der Waals surface area contributed by atoms with Crippen LogP contribution < -0.4 is 16.0 Å². The summed E-state index contributed by atoms with van der Waals surface area (Å²) in [6, 6.07) is 0. The minimum atomic E-state index is -0.803. The number of aliphatic carboxylic acids is 1. The Kier molecular flexibility index (Phi) is 6.51. The van der Waals surface area contributed by atoms with E-state index in [0.29, 0.717) is 18.8 Å². The number of nitrogens with one attached hydrogen (secondary N) is 4. The molecule has 1 aliphatic carbocycles. The van der Waals surface area contributed by atoms with Gasteiger partial charge >= 0.3 is 5.97 Å². The molecule has 1 saturated heterocycles. The van der Waals surface area contributed by atoms with Crippen LogP contribution in [0.5, 0.6) is 0 Å². The van der Waals surface area contributed by atoms with Crippen molar-refractivity contribution in [1.82, 2.24) is 20.3 Å². The van der Waals surface area contributed by atoms with Gasteiger partial charge in [-0.25, -0.2) is 0 Å². The van der Waals surface area contributed by atoms with Gasteiger partial charge in [-0.05, 0) is 85.6 Å². The number of carboxylic acid groups (broad SMARTS) is 1. The van der Waals surface area contributed by atoms with Crippen molar-refractivity contribution in [3.63, 3.8) is 0 Å². The average molecular weight is 553 g/mol. The van der Waals surface area contributed by atoms with Crippen molar-refractivity contribution in [1.29, 1.82) is 0 Å². The maximum atomic E-state index is 13.4. The lowest BCUT2D eigenvalue weighted by molar-refractivity contribution is -0.137. The van der Waals surface area contributed by atoms with Crippen LogP contribution in [0.3, 0.4) is 0 Å². The largest absolute Gasteiger partial charge is 0.481 e. The maximum absolute atomic E-state index is 13.4. The van der Waals surface area contributed by atoms with Crippen molar-refractivity contribution in [2.45, 2.75) is 80.1 Å². The van der Waals surface area contributed by atoms with Crippen molar-refractivity contribution in [2.24, 2.45) is 11.8 Å². The molecule has 0 saturated carbocycles. The Morgan fingerprint density at radius 3 is 2.37 bits per heavy atom. The lowest BCUT2D eigenvalue weighted by Gasteiger charge is -2.16. The van der Waals surface area contributed by atoms with Gasteiger partial charge in [0.15, 0.2) is 5.78 Å². The van der Waals surface area contributed by atoms with Crippen molar-refractivity contribution in [3.05, 3.63) is 78.2 Å². The number of hydrogen-bond donors (Lipinski definition) is 5. The van der Waals surface area contributed by atoms with Crippen LogP contribution in [0.4, 0.5) is 0 Å². The van der Waals surface area contributed by atoms with Crippen LogP contribution in [0.1, 0.15) is 114 Å². The normalized spacial score (nSPS) is 19.4. The molecule has 214 valence electrons. The molecule has 1 fully saturated rings. The predicted octanol–water partition coefficient (Wildman–Crippen LogP) is 5.31. The monoisotopic (exact) mass is 552 g/mol. The highest BCUT2D eigenvalue weighted by Crippen LogP contribution is 2.45. The number of Topliss-reactive ketones (excluding diaryl/α,β-unsaturated/α-hetero) is 1. The Hall–Kier alpha value is -4.00. The third kappa shape index (κ3) is 4.25. The van der Waals surface area contributed by atoms with Crippen LogP contribution in [-0.4, -0.2) is 31.8 Å². The van der Waals surface area contributed by atoms with E-state index in [1.165, 1.54) is 22.3 Å². The van der Waals surface area contributed by atoms with Crippen molar-refractivity contribution in [3.8, 4) is 0 Å². The zero-order valence-corrected chi connectivity index (χ0v) is 25.1. The fraction of sp³-hybridized carbons (Fsp3) is 0.412. The number of fused-ring (bicyclic) bond motifs is 7. The zero-order chi connectivity index (χ0) is 29.3. The number of H-pyrrole nitrogens is 3. The maximum Gasteiger partial charge on any atom is 0.303 e. The Balaban J connectivity index is 1.69. The summed E-state index contributed by atoms with van der Waals surface area (Å²) in [4.78, 5) is 36.1. The first-order valence-corrected chi connectivity index (χ1v) is 14.8. The van der Waals surface area contributed by atoms with Crippen LogP contribution in [0.15, 0.2) is 11.4 Å². The molecule has 2 unspecified atom stereocenters. The van der Waals surface area contributed by atoms with Crippen LogP contribution in [0.25, 0.3) is 23.8 Å². The molecule has 41 heavy (non-hydrogen) atoms. The summed E-state index contributed by atoms with van der Waals surface area (Å²) < 4.78 is 0. The Labute approximate surface area is 240 Å². The van der Waals surface area contributed by atoms with E-state index in [1.807, 2.05) is 6.92 Å². The number of ketones is 1. The molecule has 0 spiro atoms. The molecule has 2 atom stereocenters. The minimum Gasteiger partial charge on any atom is -0.481 e. The van der Waals surface area contributed by atoms with Gasteiger partial charge in [-0.15, -0.1) is 0 Å². The van der Waals surface area contributed by atoms with Gasteiger partial charge < -0.3 is 25.4 Å². The van der Waals surface area contributed by atoms with Crippen LogP contribution in [-0.2, 0) is 11.2 Å². The van der Waals surface area contributed by atoms with E-state index < -0.39 is 5.97 Å². The number of carboxylic acids is 1. The number of carbonyl (C=O) groups excluding carboxylic acids is 1. The highest BCUT2D eigenvalue weighted by atomic mass is 16.4. The second kappa shape index (κ2) is 9.82. The summed E-state index contributed by atoms with van der Waals surface area (Å²) in [6.07, 6.45) is 8.36. The first-order valence-electron chi connectivity index (χ1n) is 14.8. The molecule has 3 aromatic rings. The molecule has 7 heteroatoms. The van der Waals surface area contributed by atoms with Crippen LogP contribution in [0, 0.1) is 32.6 Å². The van der Waals surface area contributed by atoms with E-state index in [-0.39, 0.29) is 24.0 Å². The van der Waals surface area contributed by atoms with Gasteiger partial charge in [0.05, 0.1) is 5.69 Å². The standard InChI is InChI=1S/C34H40N4O3/c1-8-20-16(4)23-14-28-31(15(2)3)18(6)25(36-28)12-24-17(5)21(9-10-30(40)41)33(37-24)22-11-29(39)32-19(7)26(38-34(22)32)13-27(20)35-23/h12-15,17,21,35-38H,8-11H2,1-7H3,(H,40,41). The molecule has 3 aliphatic rings. The van der Waals surface area contributed by atoms with Gasteiger partial charge in [-0.3, -0.25) is 9.59 Å². The predicted molar refractivity (Wildman–Crippen MR) is 163 cm³/mol. The lowest BCUT2D eigenvalue weighted by atomic mass is 9.86. The summed E-state index contributed by atoms with van der Waals surface area (Å²) in [5, 5.41) is 15.4. The van der Waals surface area contributed by atoms with Gasteiger partial charge in [0.1, 0.15) is 0 Å². The number of aromatic amines is 3. The van der Waals surface area contributed by atoms with Gasteiger partial charge in [0.2, 0.25) is 0 Å². The summed E-state index contributed by atoms with van der Waals surface area (Å²) >= 11 is 0. The molecule has 0 aromatic carbocycles. The molecule has 7 nitrogen and oxygen atoms in total. The third-order valence-electron chi connectivity index (χ3n) is 9.57. The summed E-state index contributed by atoms with van der Waals surface area (Å²) in [5.74, 6) is -0.312. The lowest BCUT2D eigenvalue weighted by Crippen LogP contribution is -2.13. The fourth-order valence-electron chi connectivity index (χ4n) is 7.37. The number of allylic oxidation sites excluding steroid dienone is 3. The highest BCUT2D eigenvalue weighted by molar-refractivity contribution is 6.13. The average Bonchev–Trinajstić information content (AvgIpc) is 3.65. The number of aromatic nitrogens is 3. The summed E-state index contributed by atoms with van der Waals surface area (Å²) in [5.41, 5.74) is 13.7. The van der Waals surface area contributed by atoms with Gasteiger partial charge in [0, 0.05) is 75.0 Å². The van der Waals surface area contributed by atoms with Gasteiger partial charge in [-0.1, -0.05) is 27.7 Å². The molecule has 3 aromatic heterocycles. The molecule has 5 N–H and O–H groups in total. The van der Waals surface area contributed by atoms with E-state index in [1.54, 1.807) is 0 Å². The van der Waals surface area contributed by atoms with E-state index >= 15 is 0 Å². The Bertz CT molecular complexity index is 1800. The van der Waals surface area contributed by atoms with E-state index in [4.69, 9.17) is 0 Å². The molecular formula is C34H40N4O3. The fourth-order valence-corrected chi connectivity index (χ4v) is 7.37. The van der Waals surface area contributed by atoms with Crippen molar-refractivity contribution in [2.75, 3.05) is 0 Å². The van der Waals surface area contributed by atoms with Crippen molar-refractivity contribution >= 4 is 35.6 Å². The number of carbonyl (C=O) groups is 2. The van der Waals surface area contributed by atoms with Gasteiger partial charge in [-0.2, -0.15) is 0 Å². The van der Waals surface area contributed by atoms with E-state index in [0.717, 1.165) is 68.0 Å². The van der Waals surface area contributed by atoms with Gasteiger partial charge in [0.25, 0.3) is 0 Å². The minimum absolute atomic E-state index is 0.0245. The third-order valence-corrected chi connectivity index (χ3v) is 9.57. The highest BCUT2D eigenvalue weighted by Gasteiger charge is 2.39. The quantitative estimate of drug-likeness (QED) is 0.295. The molecule has 6 rings (SSSR count). The molecule has 0 amide bonds. The Morgan fingerprint density at radius 2 is 1.68 bits per heavy atom. The molecule has 2 aliphatic heterocycles. The second-order valence-corrected chi connectivity index (χ2v) is 12.3. The summed E-state index contributed by atoms with van der Waals surface area (Å²) in [6.45, 7) is 15.2. The van der Waals surface area contributed by atoms with E-state index in [9.17, 15) is 14.7 Å². The number of rotatable bonds is 5. The first-order chi connectivity index (χ1) is 19.5. The van der Waals surface area contributed by atoms with Crippen LogP contribution in [0.2, 0.25) is 0 Å². The van der Waals surface area contributed by atoms with Crippen LogP contribution >= 0.6 is 0 Å². The topological polar surface area (TPSA) is 114 Å². The summed E-state index contributed by atoms with van der Waals surface area (Å²) in [7, 11) is 0. The zero-order valence-electron chi connectivity index (χ0n) is 25.1. The smallest absolute Gasteiger partial charge is 0.303 e. The molecule has 5 heterocycles.